The molecule has 0 bridgehead atoms. The quantitative estimate of drug-likeness (QED) is 0.788. The zero-order valence-electron chi connectivity index (χ0n) is 15.8. The molecule has 1 aromatic rings. The molecule has 1 aliphatic carbocycles. The number of nitrogens with one attached hydrogen (secondary N) is 1. The molecular weight excluding hydrogens is 322 g/mol. The molecule has 1 aliphatic rings. The first-order valence-electron chi connectivity index (χ1n) is 8.70. The van der Waals surface area contributed by atoms with E-state index in [2.05, 4.69) is 10.4 Å². The van der Waals surface area contributed by atoms with Gasteiger partial charge in [-0.1, -0.05) is 12.8 Å². The summed E-state index contributed by atoms with van der Waals surface area (Å²) in [6.07, 6.45) is 2.38. The fourth-order valence-electron chi connectivity index (χ4n) is 3.05. The fraction of sp³-hybridized carbons (Fsp3) is 0.722. The van der Waals surface area contributed by atoms with E-state index < -0.39 is 23.1 Å². The number of ether oxygens (including phenoxy) is 1. The van der Waals surface area contributed by atoms with Crippen LogP contribution in [0.25, 0.3) is 0 Å². The van der Waals surface area contributed by atoms with Crippen molar-refractivity contribution in [2.24, 2.45) is 18.4 Å². The highest BCUT2D eigenvalue weighted by atomic mass is 16.6. The second-order valence-corrected chi connectivity index (χ2v) is 8.17. The number of rotatable bonds is 7. The van der Waals surface area contributed by atoms with E-state index in [9.17, 15) is 14.7 Å². The molecule has 25 heavy (non-hydrogen) atoms. The van der Waals surface area contributed by atoms with Crippen LogP contribution in [0.15, 0.2) is 6.07 Å². The molecule has 0 aliphatic heterocycles. The summed E-state index contributed by atoms with van der Waals surface area (Å²) in [5, 5.41) is 17.0. The van der Waals surface area contributed by atoms with E-state index in [-0.39, 0.29) is 6.54 Å². The molecule has 2 N–H and O–H groups in total. The van der Waals surface area contributed by atoms with Crippen LogP contribution in [-0.4, -0.2) is 39.1 Å². The Labute approximate surface area is 148 Å². The number of aromatic nitrogens is 2. The maximum absolute atomic E-state index is 12.2. The maximum Gasteiger partial charge on any atom is 0.407 e. The summed E-state index contributed by atoms with van der Waals surface area (Å²) in [4.78, 5) is 24.2. The van der Waals surface area contributed by atoms with Crippen LogP contribution in [0, 0.1) is 18.3 Å². The van der Waals surface area contributed by atoms with Crippen LogP contribution in [0.4, 0.5) is 4.79 Å². The van der Waals surface area contributed by atoms with Crippen LogP contribution in [-0.2, 0) is 23.0 Å². The van der Waals surface area contributed by atoms with Gasteiger partial charge in [0.25, 0.3) is 0 Å². The number of alkyl carbamates (subject to hydrolysis) is 1. The summed E-state index contributed by atoms with van der Waals surface area (Å²) in [7, 11) is 1.81. The van der Waals surface area contributed by atoms with Crippen molar-refractivity contribution in [3.8, 4) is 0 Å². The van der Waals surface area contributed by atoms with Crippen molar-refractivity contribution in [1.82, 2.24) is 15.1 Å². The van der Waals surface area contributed by atoms with Gasteiger partial charge in [0.2, 0.25) is 0 Å². The predicted molar refractivity (Wildman–Crippen MR) is 93.3 cm³/mol. The maximum atomic E-state index is 12.2. The number of carboxylic acid groups (broad SMARTS) is 1. The van der Waals surface area contributed by atoms with Gasteiger partial charge in [0.1, 0.15) is 5.60 Å². The zero-order chi connectivity index (χ0) is 18.8. The summed E-state index contributed by atoms with van der Waals surface area (Å²) in [6, 6.07) is 1.90. The largest absolute Gasteiger partial charge is 0.481 e. The molecule has 1 aromatic heterocycles. The van der Waals surface area contributed by atoms with Gasteiger partial charge in [-0.25, -0.2) is 4.79 Å². The molecule has 7 heteroatoms. The van der Waals surface area contributed by atoms with Gasteiger partial charge in [0.05, 0.1) is 11.1 Å². The first-order valence-corrected chi connectivity index (χ1v) is 8.70. The summed E-state index contributed by atoms with van der Waals surface area (Å²) < 4.78 is 6.97. The molecule has 140 valence electrons. The van der Waals surface area contributed by atoms with Gasteiger partial charge >= 0.3 is 12.1 Å². The van der Waals surface area contributed by atoms with Crippen LogP contribution >= 0.6 is 0 Å². The number of carboxylic acids is 1. The Morgan fingerprint density at radius 3 is 2.48 bits per heavy atom. The van der Waals surface area contributed by atoms with Crippen LogP contribution in [0.3, 0.4) is 0 Å². The van der Waals surface area contributed by atoms with Crippen molar-refractivity contribution < 1.29 is 19.4 Å². The minimum Gasteiger partial charge on any atom is -0.481 e. The SMILES string of the molecule is Cc1cc(CC(CNC(=O)OC(C)(C)C)(CC2CC2)C(=O)O)n(C)n1. The van der Waals surface area contributed by atoms with Gasteiger partial charge < -0.3 is 15.2 Å². The van der Waals surface area contributed by atoms with Gasteiger partial charge in [-0.15, -0.1) is 0 Å². The minimum atomic E-state index is -1.06. The Kier molecular flexibility index (Phi) is 5.44. The molecule has 1 unspecified atom stereocenters. The topological polar surface area (TPSA) is 93.5 Å². The molecule has 1 amide bonds. The number of aryl methyl sites for hydroxylation is 2. The van der Waals surface area contributed by atoms with Gasteiger partial charge in [-0.2, -0.15) is 5.10 Å². The molecule has 0 aromatic carbocycles. The number of aliphatic carboxylic acids is 1. The van der Waals surface area contributed by atoms with Crippen LogP contribution < -0.4 is 5.32 Å². The predicted octanol–water partition coefficient (Wildman–Crippen LogP) is 2.67. The van der Waals surface area contributed by atoms with Gasteiger partial charge in [-0.3, -0.25) is 9.48 Å². The van der Waals surface area contributed by atoms with Crippen molar-refractivity contribution in [1.29, 1.82) is 0 Å². The number of hydrogen-bond acceptors (Lipinski definition) is 4. The van der Waals surface area contributed by atoms with E-state index in [1.807, 2.05) is 20.0 Å². The lowest BCUT2D eigenvalue weighted by molar-refractivity contribution is -0.149. The van der Waals surface area contributed by atoms with E-state index in [0.717, 1.165) is 24.2 Å². The third-order valence-corrected chi connectivity index (χ3v) is 4.42. The first kappa shape index (κ1) is 19.3. The average Bonchev–Trinajstić information content (AvgIpc) is 3.19. The summed E-state index contributed by atoms with van der Waals surface area (Å²) in [5.74, 6) is -0.486. The van der Waals surface area contributed by atoms with Crippen LogP contribution in [0.1, 0.15) is 51.4 Å². The molecule has 0 saturated heterocycles. The lowest BCUT2D eigenvalue weighted by Crippen LogP contribution is -2.46. The van der Waals surface area contributed by atoms with Gasteiger partial charge in [0, 0.05) is 25.7 Å². The Morgan fingerprint density at radius 2 is 2.04 bits per heavy atom. The second-order valence-electron chi connectivity index (χ2n) is 8.17. The van der Waals surface area contributed by atoms with Crippen LogP contribution in [0.2, 0.25) is 0 Å². The van der Waals surface area contributed by atoms with Crippen LogP contribution in [0.5, 0.6) is 0 Å². The van der Waals surface area contributed by atoms with Gasteiger partial charge in [0.15, 0.2) is 0 Å². The molecular formula is C18H29N3O4. The zero-order valence-corrected chi connectivity index (χ0v) is 15.8. The van der Waals surface area contributed by atoms with E-state index in [0.29, 0.717) is 18.8 Å². The lowest BCUT2D eigenvalue weighted by Gasteiger charge is -2.30. The molecule has 2 rings (SSSR count). The van der Waals surface area contributed by atoms with E-state index in [1.54, 1.807) is 25.5 Å². The normalized spacial score (nSPS) is 17.0. The number of hydrogen-bond donors (Lipinski definition) is 2. The number of amides is 1. The molecule has 0 radical (unpaired) electrons. The van der Waals surface area contributed by atoms with Crippen molar-refractivity contribution in [3.05, 3.63) is 17.5 Å². The standard InChI is InChI=1S/C18H29N3O4/c1-12-8-14(21(5)20-12)10-18(15(22)23,9-13-6-7-13)11-19-16(24)25-17(2,3)4/h8,13H,6-7,9-11H2,1-5H3,(H,19,24)(H,22,23). The fourth-order valence-corrected chi connectivity index (χ4v) is 3.05. The van der Waals surface area contributed by atoms with E-state index in [1.165, 1.54) is 0 Å². The first-order chi connectivity index (χ1) is 11.5. The number of nitrogens with zero attached hydrogens (tertiary/aromatic N) is 2. The van der Waals surface area contributed by atoms with Crippen molar-refractivity contribution in [3.63, 3.8) is 0 Å². The molecule has 1 saturated carbocycles. The smallest absolute Gasteiger partial charge is 0.407 e. The molecule has 7 nitrogen and oxygen atoms in total. The molecule has 1 heterocycles. The van der Waals surface area contributed by atoms with E-state index >= 15 is 0 Å². The summed E-state index contributed by atoms with van der Waals surface area (Å²) in [6.45, 7) is 7.25. The highest BCUT2D eigenvalue weighted by Crippen LogP contribution is 2.42. The van der Waals surface area contributed by atoms with Gasteiger partial charge in [-0.05, 0) is 46.1 Å². The summed E-state index contributed by atoms with van der Waals surface area (Å²) in [5.41, 5.74) is 0.0269. The average molecular weight is 351 g/mol. The molecule has 1 fully saturated rings. The Morgan fingerprint density at radius 1 is 1.40 bits per heavy atom. The third kappa shape index (κ3) is 5.47. The minimum absolute atomic E-state index is 0.0397. The third-order valence-electron chi connectivity index (χ3n) is 4.42. The Balaban J connectivity index is 2.17. The monoisotopic (exact) mass is 351 g/mol. The Hall–Kier alpha value is -2.05. The summed E-state index contributed by atoms with van der Waals surface area (Å²) >= 11 is 0. The van der Waals surface area contributed by atoms with Crippen molar-refractivity contribution in [2.75, 3.05) is 6.54 Å². The highest BCUT2D eigenvalue weighted by molar-refractivity contribution is 5.77. The highest BCUT2D eigenvalue weighted by Gasteiger charge is 2.44. The van der Waals surface area contributed by atoms with Crippen molar-refractivity contribution in [2.45, 2.75) is 59.0 Å². The lowest BCUT2D eigenvalue weighted by atomic mass is 9.78. The number of carbonyl (C=O) groups excluding carboxylic acids is 1. The molecule has 1 atom stereocenters. The van der Waals surface area contributed by atoms with E-state index in [4.69, 9.17) is 4.74 Å². The molecule has 0 spiro atoms. The Bertz CT molecular complexity index is 643. The number of carbonyl (C=O) groups is 2. The second kappa shape index (κ2) is 7.06. The van der Waals surface area contributed by atoms with Crippen molar-refractivity contribution >= 4 is 12.1 Å².